The first-order valence-electron chi connectivity index (χ1n) is 6.71. The van der Waals surface area contributed by atoms with Gasteiger partial charge in [-0.25, -0.2) is 4.79 Å². The molecule has 0 atom stereocenters. The van der Waals surface area contributed by atoms with Crippen molar-refractivity contribution in [1.82, 2.24) is 10.6 Å². The van der Waals surface area contributed by atoms with Crippen molar-refractivity contribution in [2.75, 3.05) is 20.2 Å². The van der Waals surface area contributed by atoms with Gasteiger partial charge in [0, 0.05) is 25.6 Å². The summed E-state index contributed by atoms with van der Waals surface area (Å²) in [5.41, 5.74) is 1.45. The van der Waals surface area contributed by atoms with Gasteiger partial charge in [0.25, 0.3) is 0 Å². The van der Waals surface area contributed by atoms with E-state index in [1.54, 1.807) is 12.1 Å². The smallest absolute Gasteiger partial charge is 0.338 e. The van der Waals surface area contributed by atoms with Crippen LogP contribution in [0.25, 0.3) is 0 Å². The van der Waals surface area contributed by atoms with E-state index in [0.717, 1.165) is 5.56 Å². The SMILES string of the molecule is COC(=O)c1ccccc1CNCCNC(=O)C(C)C. The molecule has 5 nitrogen and oxygen atoms in total. The van der Waals surface area contributed by atoms with Crippen LogP contribution in [0.5, 0.6) is 0 Å². The Kier molecular flexibility index (Phi) is 6.73. The summed E-state index contributed by atoms with van der Waals surface area (Å²) >= 11 is 0. The first-order valence-corrected chi connectivity index (χ1v) is 6.71. The fourth-order valence-electron chi connectivity index (χ4n) is 1.68. The van der Waals surface area contributed by atoms with Crippen LogP contribution in [0.2, 0.25) is 0 Å². The monoisotopic (exact) mass is 278 g/mol. The molecule has 0 aromatic heterocycles. The van der Waals surface area contributed by atoms with Crippen LogP contribution in [0.1, 0.15) is 29.8 Å². The first-order chi connectivity index (χ1) is 9.56. The summed E-state index contributed by atoms with van der Waals surface area (Å²) < 4.78 is 4.74. The molecule has 0 bridgehead atoms. The Balaban J connectivity index is 2.39. The highest BCUT2D eigenvalue weighted by molar-refractivity contribution is 5.90. The van der Waals surface area contributed by atoms with Crippen molar-refractivity contribution in [2.24, 2.45) is 5.92 Å². The number of hydrogen-bond acceptors (Lipinski definition) is 4. The number of esters is 1. The van der Waals surface area contributed by atoms with Gasteiger partial charge in [0.1, 0.15) is 0 Å². The third-order valence-electron chi connectivity index (χ3n) is 2.86. The predicted molar refractivity (Wildman–Crippen MR) is 77.3 cm³/mol. The Labute approximate surface area is 119 Å². The molecular formula is C15H22N2O3. The highest BCUT2D eigenvalue weighted by atomic mass is 16.5. The second kappa shape index (κ2) is 8.32. The van der Waals surface area contributed by atoms with Crippen LogP contribution in [0.15, 0.2) is 24.3 Å². The predicted octanol–water partition coefficient (Wildman–Crippen LogP) is 1.33. The number of carbonyl (C=O) groups is 2. The van der Waals surface area contributed by atoms with E-state index in [4.69, 9.17) is 4.74 Å². The molecule has 0 spiro atoms. The van der Waals surface area contributed by atoms with Gasteiger partial charge < -0.3 is 15.4 Å². The number of methoxy groups -OCH3 is 1. The van der Waals surface area contributed by atoms with E-state index in [1.165, 1.54) is 7.11 Å². The van der Waals surface area contributed by atoms with Crippen LogP contribution in [-0.4, -0.2) is 32.1 Å². The van der Waals surface area contributed by atoms with Crippen molar-refractivity contribution in [2.45, 2.75) is 20.4 Å². The zero-order valence-corrected chi connectivity index (χ0v) is 12.2. The van der Waals surface area contributed by atoms with Crippen LogP contribution in [0.4, 0.5) is 0 Å². The van der Waals surface area contributed by atoms with Gasteiger partial charge in [-0.3, -0.25) is 4.79 Å². The summed E-state index contributed by atoms with van der Waals surface area (Å²) in [6, 6.07) is 7.30. The van der Waals surface area contributed by atoms with Gasteiger partial charge in [-0.15, -0.1) is 0 Å². The number of nitrogens with one attached hydrogen (secondary N) is 2. The van der Waals surface area contributed by atoms with Gasteiger partial charge in [0.2, 0.25) is 5.91 Å². The lowest BCUT2D eigenvalue weighted by molar-refractivity contribution is -0.123. The van der Waals surface area contributed by atoms with Crippen molar-refractivity contribution in [1.29, 1.82) is 0 Å². The van der Waals surface area contributed by atoms with E-state index >= 15 is 0 Å². The molecule has 20 heavy (non-hydrogen) atoms. The van der Waals surface area contributed by atoms with Gasteiger partial charge in [-0.2, -0.15) is 0 Å². The second-order valence-corrected chi connectivity index (χ2v) is 4.77. The van der Waals surface area contributed by atoms with Crippen molar-refractivity contribution < 1.29 is 14.3 Å². The lowest BCUT2D eigenvalue weighted by Crippen LogP contribution is -2.34. The number of benzene rings is 1. The summed E-state index contributed by atoms with van der Waals surface area (Å²) in [4.78, 5) is 22.9. The maximum absolute atomic E-state index is 11.6. The zero-order valence-electron chi connectivity index (χ0n) is 12.2. The molecule has 110 valence electrons. The van der Waals surface area contributed by atoms with Gasteiger partial charge in [0.15, 0.2) is 0 Å². The highest BCUT2D eigenvalue weighted by Gasteiger charge is 2.10. The van der Waals surface area contributed by atoms with Gasteiger partial charge >= 0.3 is 5.97 Å². The number of amides is 1. The fourth-order valence-corrected chi connectivity index (χ4v) is 1.68. The second-order valence-electron chi connectivity index (χ2n) is 4.77. The Hall–Kier alpha value is -1.88. The summed E-state index contributed by atoms with van der Waals surface area (Å²) in [7, 11) is 1.37. The van der Waals surface area contributed by atoms with E-state index in [-0.39, 0.29) is 17.8 Å². The van der Waals surface area contributed by atoms with E-state index < -0.39 is 0 Å². The molecule has 1 aromatic rings. The molecule has 0 radical (unpaired) electrons. The third kappa shape index (κ3) is 5.01. The Morgan fingerprint density at radius 2 is 1.90 bits per heavy atom. The largest absolute Gasteiger partial charge is 0.465 e. The Bertz CT molecular complexity index is 458. The molecule has 0 fully saturated rings. The fraction of sp³-hybridized carbons (Fsp3) is 0.467. The van der Waals surface area contributed by atoms with Crippen molar-refractivity contribution in [3.05, 3.63) is 35.4 Å². The average molecular weight is 278 g/mol. The minimum Gasteiger partial charge on any atom is -0.465 e. The van der Waals surface area contributed by atoms with E-state index in [9.17, 15) is 9.59 Å². The quantitative estimate of drug-likeness (QED) is 0.583. The lowest BCUT2D eigenvalue weighted by atomic mass is 10.1. The summed E-state index contributed by atoms with van der Waals surface area (Å²) in [5, 5.41) is 6.02. The molecule has 1 amide bonds. The van der Waals surface area contributed by atoms with Crippen molar-refractivity contribution in [3.8, 4) is 0 Å². The van der Waals surface area contributed by atoms with Gasteiger partial charge in [-0.1, -0.05) is 32.0 Å². The summed E-state index contributed by atoms with van der Waals surface area (Å²) in [5.74, 6) is -0.299. The van der Waals surface area contributed by atoms with Crippen LogP contribution in [0, 0.1) is 5.92 Å². The van der Waals surface area contributed by atoms with Crippen LogP contribution in [0.3, 0.4) is 0 Å². The molecule has 0 saturated carbocycles. The van der Waals surface area contributed by atoms with Gasteiger partial charge in [-0.05, 0) is 11.6 Å². The molecule has 0 heterocycles. The Morgan fingerprint density at radius 3 is 2.55 bits per heavy atom. The number of ether oxygens (including phenoxy) is 1. The zero-order chi connectivity index (χ0) is 15.0. The average Bonchev–Trinajstić information content (AvgIpc) is 2.46. The van der Waals surface area contributed by atoms with Crippen LogP contribution < -0.4 is 10.6 Å². The topological polar surface area (TPSA) is 67.4 Å². The van der Waals surface area contributed by atoms with Crippen LogP contribution in [-0.2, 0) is 16.1 Å². The number of carbonyl (C=O) groups excluding carboxylic acids is 2. The minimum atomic E-state index is -0.337. The van der Waals surface area contributed by atoms with E-state index in [1.807, 2.05) is 26.0 Å². The molecule has 0 unspecified atom stereocenters. The maximum atomic E-state index is 11.6. The van der Waals surface area contributed by atoms with Crippen molar-refractivity contribution >= 4 is 11.9 Å². The molecule has 0 aliphatic heterocycles. The summed E-state index contributed by atoms with van der Waals surface area (Å²) in [6.45, 7) is 5.49. The molecule has 1 aromatic carbocycles. The van der Waals surface area contributed by atoms with Crippen molar-refractivity contribution in [3.63, 3.8) is 0 Å². The van der Waals surface area contributed by atoms with Crippen LogP contribution >= 0.6 is 0 Å². The molecular weight excluding hydrogens is 256 g/mol. The number of rotatable bonds is 7. The molecule has 1 rings (SSSR count). The van der Waals surface area contributed by atoms with E-state index in [2.05, 4.69) is 10.6 Å². The molecule has 0 saturated heterocycles. The standard InChI is InChI=1S/C15H22N2O3/c1-11(2)14(18)17-9-8-16-10-12-6-4-5-7-13(12)15(19)20-3/h4-7,11,16H,8-10H2,1-3H3,(H,17,18). The van der Waals surface area contributed by atoms with E-state index in [0.29, 0.717) is 25.2 Å². The molecule has 5 heteroatoms. The minimum absolute atomic E-state index is 0.00458. The third-order valence-corrected chi connectivity index (χ3v) is 2.86. The molecule has 0 aliphatic rings. The first kappa shape index (κ1) is 16.2. The van der Waals surface area contributed by atoms with Gasteiger partial charge in [0.05, 0.1) is 12.7 Å². The lowest BCUT2D eigenvalue weighted by Gasteiger charge is -2.10. The highest BCUT2D eigenvalue weighted by Crippen LogP contribution is 2.09. The Morgan fingerprint density at radius 1 is 1.20 bits per heavy atom. The molecule has 0 aliphatic carbocycles. The maximum Gasteiger partial charge on any atom is 0.338 e. The molecule has 2 N–H and O–H groups in total. The number of hydrogen-bond donors (Lipinski definition) is 2. The normalized spacial score (nSPS) is 10.4. The summed E-state index contributed by atoms with van der Waals surface area (Å²) in [6.07, 6.45) is 0.